The van der Waals surface area contributed by atoms with Gasteiger partial charge in [-0.15, -0.1) is 0 Å². The van der Waals surface area contributed by atoms with Crippen LogP contribution in [0.4, 0.5) is 5.69 Å². The fourth-order valence-electron chi connectivity index (χ4n) is 2.93. The predicted molar refractivity (Wildman–Crippen MR) is 126 cm³/mol. The van der Waals surface area contributed by atoms with Crippen molar-refractivity contribution in [3.8, 4) is 0 Å². The van der Waals surface area contributed by atoms with Crippen LogP contribution in [0.5, 0.6) is 0 Å². The smallest absolute Gasteiger partial charge is 0.338 e. The van der Waals surface area contributed by atoms with E-state index in [1.165, 1.54) is 28.0 Å². The van der Waals surface area contributed by atoms with E-state index in [0.29, 0.717) is 26.9 Å². The van der Waals surface area contributed by atoms with Gasteiger partial charge in [-0.25, -0.2) is 9.78 Å². The molecule has 2 aromatic heterocycles. The Labute approximate surface area is 197 Å². The van der Waals surface area contributed by atoms with E-state index >= 15 is 0 Å². The summed E-state index contributed by atoms with van der Waals surface area (Å²) < 4.78 is 6.59. The number of hydrogen-bond acceptors (Lipinski definition) is 7. The highest BCUT2D eigenvalue weighted by Gasteiger charge is 2.14. The first-order valence-electron chi connectivity index (χ1n) is 10.0. The van der Waals surface area contributed by atoms with Crippen molar-refractivity contribution in [1.82, 2.24) is 14.6 Å². The van der Waals surface area contributed by atoms with Crippen molar-refractivity contribution in [2.75, 3.05) is 5.32 Å². The summed E-state index contributed by atoms with van der Waals surface area (Å²) in [6.07, 6.45) is 0. The maximum Gasteiger partial charge on any atom is 0.338 e. The molecule has 2 aromatic carbocycles. The van der Waals surface area contributed by atoms with Gasteiger partial charge in [-0.2, -0.15) is 9.61 Å². The third-order valence-electron chi connectivity index (χ3n) is 4.62. The average molecular weight is 483 g/mol. The van der Waals surface area contributed by atoms with Gasteiger partial charge in [0.15, 0.2) is 0 Å². The quantitative estimate of drug-likeness (QED) is 0.405. The Morgan fingerprint density at radius 3 is 2.61 bits per heavy atom. The predicted octanol–water partition coefficient (Wildman–Crippen LogP) is 4.54. The second-order valence-corrected chi connectivity index (χ2v) is 8.92. The molecule has 0 saturated heterocycles. The molecule has 168 valence electrons. The number of benzene rings is 2. The summed E-state index contributed by atoms with van der Waals surface area (Å²) in [7, 11) is 0. The zero-order valence-electron chi connectivity index (χ0n) is 17.7. The molecule has 1 amide bonds. The normalized spacial score (nSPS) is 11.0. The molecule has 0 aliphatic heterocycles. The van der Waals surface area contributed by atoms with Crippen LogP contribution in [0.2, 0.25) is 5.02 Å². The number of nitrogens with zero attached hydrogens (tertiary/aromatic N) is 3. The molecule has 4 aromatic rings. The van der Waals surface area contributed by atoms with Crippen LogP contribution in [0.1, 0.15) is 51.2 Å². The van der Waals surface area contributed by atoms with Crippen LogP contribution in [0.15, 0.2) is 59.4 Å². The molecular weight excluding hydrogens is 464 g/mol. The number of ether oxygens (including phenoxy) is 1. The van der Waals surface area contributed by atoms with Crippen molar-refractivity contribution in [1.29, 1.82) is 0 Å². The van der Waals surface area contributed by atoms with E-state index in [-0.39, 0.29) is 29.6 Å². The first kappa shape index (κ1) is 22.6. The van der Waals surface area contributed by atoms with Gasteiger partial charge >= 0.3 is 5.97 Å². The molecule has 0 fully saturated rings. The van der Waals surface area contributed by atoms with Gasteiger partial charge in [0.2, 0.25) is 4.96 Å². The van der Waals surface area contributed by atoms with Crippen molar-refractivity contribution in [3.63, 3.8) is 0 Å². The van der Waals surface area contributed by atoms with E-state index < -0.39 is 5.97 Å². The third-order valence-corrected chi connectivity index (χ3v) is 6.08. The Morgan fingerprint density at radius 2 is 1.88 bits per heavy atom. The minimum absolute atomic E-state index is 0.166. The van der Waals surface area contributed by atoms with Crippen LogP contribution < -0.4 is 10.9 Å². The van der Waals surface area contributed by atoms with Crippen LogP contribution in [-0.4, -0.2) is 26.5 Å². The fraction of sp³-hybridized carbons (Fsp3) is 0.174. The highest BCUT2D eigenvalue weighted by molar-refractivity contribution is 7.16. The molecule has 0 saturated carbocycles. The second kappa shape index (κ2) is 9.51. The summed E-state index contributed by atoms with van der Waals surface area (Å²) in [5, 5.41) is 8.33. The summed E-state index contributed by atoms with van der Waals surface area (Å²) in [6, 6.07) is 14.1. The standard InChI is InChI=1S/C23H19ClN4O4S/c1-13(2)21-27-28-19(29)11-18(26-23(28)33-21)12-32-22(31)15-4-3-5-17(10-15)25-20(30)14-6-8-16(24)9-7-14/h3-11,13H,12H2,1-2H3,(H,25,30). The highest BCUT2D eigenvalue weighted by atomic mass is 35.5. The lowest BCUT2D eigenvalue weighted by molar-refractivity contribution is 0.0467. The van der Waals surface area contributed by atoms with Crippen molar-refractivity contribution < 1.29 is 14.3 Å². The zero-order valence-corrected chi connectivity index (χ0v) is 19.3. The lowest BCUT2D eigenvalue weighted by Gasteiger charge is -2.08. The number of halogens is 1. The van der Waals surface area contributed by atoms with Crippen LogP contribution in [0, 0.1) is 0 Å². The average Bonchev–Trinajstić information content (AvgIpc) is 3.23. The molecule has 0 atom stereocenters. The lowest BCUT2D eigenvalue weighted by Crippen LogP contribution is -2.17. The van der Waals surface area contributed by atoms with Gasteiger partial charge in [-0.1, -0.05) is 42.9 Å². The van der Waals surface area contributed by atoms with Crippen molar-refractivity contribution in [3.05, 3.63) is 91.8 Å². The van der Waals surface area contributed by atoms with Gasteiger partial charge in [0.1, 0.15) is 11.6 Å². The van der Waals surface area contributed by atoms with Gasteiger partial charge in [-0.05, 0) is 42.5 Å². The maximum atomic E-state index is 12.5. The number of aromatic nitrogens is 3. The summed E-state index contributed by atoms with van der Waals surface area (Å²) >= 11 is 7.17. The topological polar surface area (TPSA) is 103 Å². The number of amides is 1. The van der Waals surface area contributed by atoms with E-state index in [1.54, 1.807) is 42.5 Å². The van der Waals surface area contributed by atoms with Gasteiger partial charge in [0.05, 0.1) is 11.3 Å². The molecule has 1 N–H and O–H groups in total. The number of fused-ring (bicyclic) bond motifs is 1. The number of esters is 1. The van der Waals surface area contributed by atoms with E-state index in [9.17, 15) is 14.4 Å². The SMILES string of the molecule is CC(C)c1nn2c(=O)cc(COC(=O)c3cccc(NC(=O)c4ccc(Cl)cc4)c3)nc2s1. The molecule has 4 rings (SSSR count). The highest BCUT2D eigenvalue weighted by Crippen LogP contribution is 2.20. The molecule has 0 unspecified atom stereocenters. The largest absolute Gasteiger partial charge is 0.456 e. The van der Waals surface area contributed by atoms with Gasteiger partial charge < -0.3 is 10.1 Å². The number of carbonyl (C=O) groups excluding carboxylic acids is 2. The molecule has 0 bridgehead atoms. The molecule has 0 spiro atoms. The van der Waals surface area contributed by atoms with Crippen molar-refractivity contribution in [2.24, 2.45) is 0 Å². The molecular formula is C23H19ClN4O4S. The van der Waals surface area contributed by atoms with Crippen LogP contribution in [-0.2, 0) is 11.3 Å². The molecule has 8 nitrogen and oxygen atoms in total. The number of carbonyl (C=O) groups is 2. The second-order valence-electron chi connectivity index (χ2n) is 7.49. The summed E-state index contributed by atoms with van der Waals surface area (Å²) in [4.78, 5) is 42.1. The molecule has 10 heteroatoms. The van der Waals surface area contributed by atoms with Crippen molar-refractivity contribution in [2.45, 2.75) is 26.4 Å². The Morgan fingerprint density at radius 1 is 1.12 bits per heavy atom. The maximum absolute atomic E-state index is 12.5. The summed E-state index contributed by atoms with van der Waals surface area (Å²) in [5.74, 6) is -0.767. The Balaban J connectivity index is 1.44. The Bertz CT molecular complexity index is 1400. The first-order chi connectivity index (χ1) is 15.8. The van der Waals surface area contributed by atoms with Crippen LogP contribution >= 0.6 is 22.9 Å². The number of anilines is 1. The van der Waals surface area contributed by atoms with Crippen molar-refractivity contribution >= 4 is 45.5 Å². The first-order valence-corrected chi connectivity index (χ1v) is 11.2. The van der Waals surface area contributed by atoms with Crippen LogP contribution in [0.25, 0.3) is 4.96 Å². The molecule has 0 aliphatic rings. The van der Waals surface area contributed by atoms with E-state index in [1.807, 2.05) is 13.8 Å². The minimum Gasteiger partial charge on any atom is -0.456 e. The van der Waals surface area contributed by atoms with Gasteiger partial charge in [0.25, 0.3) is 11.5 Å². The Hall–Kier alpha value is -3.56. The van der Waals surface area contributed by atoms with E-state index in [4.69, 9.17) is 16.3 Å². The van der Waals surface area contributed by atoms with Gasteiger partial charge in [-0.3, -0.25) is 9.59 Å². The molecule has 0 aliphatic carbocycles. The molecule has 0 radical (unpaired) electrons. The monoisotopic (exact) mass is 482 g/mol. The van der Waals surface area contributed by atoms with E-state index in [2.05, 4.69) is 15.4 Å². The number of rotatable bonds is 6. The number of hydrogen-bond donors (Lipinski definition) is 1. The van der Waals surface area contributed by atoms with Gasteiger partial charge in [0, 0.05) is 28.3 Å². The summed E-state index contributed by atoms with van der Waals surface area (Å²) in [5.41, 5.74) is 1.12. The zero-order chi connectivity index (χ0) is 23.5. The van der Waals surface area contributed by atoms with E-state index in [0.717, 1.165) is 5.01 Å². The fourth-order valence-corrected chi connectivity index (χ4v) is 3.98. The third kappa shape index (κ3) is 5.27. The number of nitrogens with one attached hydrogen (secondary N) is 1. The lowest BCUT2D eigenvalue weighted by atomic mass is 10.1. The minimum atomic E-state index is -0.605. The molecule has 33 heavy (non-hydrogen) atoms. The van der Waals surface area contributed by atoms with Crippen LogP contribution in [0.3, 0.4) is 0 Å². The summed E-state index contributed by atoms with van der Waals surface area (Å²) in [6.45, 7) is 3.80. The Kier molecular flexibility index (Phi) is 6.52. The molecule has 2 heterocycles.